The van der Waals surface area contributed by atoms with Crippen LogP contribution in [0, 0.1) is 0 Å². The molecule has 0 fully saturated rings. The Morgan fingerprint density at radius 1 is 0.290 bits per heavy atom. The van der Waals surface area contributed by atoms with E-state index >= 15 is 0 Å². The Labute approximate surface area is 363 Å². The number of anilines is 3. The van der Waals surface area contributed by atoms with Gasteiger partial charge in [-0.25, -0.2) is 0 Å². The summed E-state index contributed by atoms with van der Waals surface area (Å²) in [6.45, 7) is 4.71. The molecule has 0 heterocycles. The van der Waals surface area contributed by atoms with Crippen molar-refractivity contribution >= 4 is 49.4 Å². The number of nitrogens with zero attached hydrogens (tertiary/aromatic N) is 1. The predicted molar refractivity (Wildman–Crippen MR) is 264 cm³/mol. The third kappa shape index (κ3) is 5.77. The molecule has 0 spiro atoms. The van der Waals surface area contributed by atoms with E-state index in [0.29, 0.717) is 0 Å². The minimum Gasteiger partial charge on any atom is -0.310 e. The van der Waals surface area contributed by atoms with Gasteiger partial charge in [-0.2, -0.15) is 0 Å². The zero-order valence-corrected chi connectivity index (χ0v) is 34.8. The predicted octanol–water partition coefficient (Wildman–Crippen LogP) is 17.0. The van der Waals surface area contributed by atoms with Gasteiger partial charge in [0, 0.05) is 22.5 Å². The normalized spacial score (nSPS) is 12.8. The maximum Gasteiger partial charge on any atom is 0.0468 e. The Kier molecular flexibility index (Phi) is 8.27. The second-order valence-electron chi connectivity index (χ2n) is 17.3. The highest BCUT2D eigenvalue weighted by Gasteiger charge is 2.35. The van der Waals surface area contributed by atoms with E-state index in [1.807, 2.05) is 0 Å². The molecular formula is C61H43N. The van der Waals surface area contributed by atoms with Crippen molar-refractivity contribution in [2.75, 3.05) is 4.90 Å². The lowest BCUT2D eigenvalue weighted by Crippen LogP contribution is -2.14. The van der Waals surface area contributed by atoms with E-state index in [9.17, 15) is 0 Å². The zero-order valence-electron chi connectivity index (χ0n) is 34.8. The highest BCUT2D eigenvalue weighted by molar-refractivity contribution is 6.25. The quantitative estimate of drug-likeness (QED) is 0.145. The average molecular weight is 790 g/mol. The molecule has 0 unspecified atom stereocenters. The van der Waals surface area contributed by atoms with Crippen LogP contribution in [0.4, 0.5) is 17.1 Å². The molecule has 1 heteroatoms. The molecule has 1 aliphatic rings. The highest BCUT2D eigenvalue weighted by Crippen LogP contribution is 2.50. The van der Waals surface area contributed by atoms with Crippen LogP contribution in [0.15, 0.2) is 224 Å². The highest BCUT2D eigenvalue weighted by atomic mass is 15.1. The minimum atomic E-state index is -0.0527. The summed E-state index contributed by atoms with van der Waals surface area (Å²) in [6, 6.07) is 83.0. The van der Waals surface area contributed by atoms with Crippen molar-refractivity contribution in [2.45, 2.75) is 19.3 Å². The molecule has 1 nitrogen and oxygen atoms in total. The third-order valence-electron chi connectivity index (χ3n) is 13.4. The summed E-state index contributed by atoms with van der Waals surface area (Å²) >= 11 is 0. The molecule has 292 valence electrons. The van der Waals surface area contributed by atoms with Gasteiger partial charge in [0.1, 0.15) is 0 Å². The molecule has 11 aromatic carbocycles. The molecular weight excluding hydrogens is 747 g/mol. The van der Waals surface area contributed by atoms with Gasteiger partial charge in [-0.05, 0) is 142 Å². The lowest BCUT2D eigenvalue weighted by atomic mass is 9.81. The Morgan fingerprint density at radius 3 is 1.50 bits per heavy atom. The number of benzene rings is 11. The van der Waals surface area contributed by atoms with Gasteiger partial charge in [0.2, 0.25) is 0 Å². The van der Waals surface area contributed by atoms with E-state index in [1.165, 1.54) is 99.1 Å². The van der Waals surface area contributed by atoms with Crippen molar-refractivity contribution in [3.63, 3.8) is 0 Å². The van der Waals surface area contributed by atoms with E-state index in [4.69, 9.17) is 0 Å². The average Bonchev–Trinajstić information content (AvgIpc) is 3.57. The van der Waals surface area contributed by atoms with E-state index in [-0.39, 0.29) is 5.41 Å². The third-order valence-corrected chi connectivity index (χ3v) is 13.4. The van der Waals surface area contributed by atoms with Crippen LogP contribution >= 0.6 is 0 Å². The number of hydrogen-bond donors (Lipinski definition) is 0. The zero-order chi connectivity index (χ0) is 41.4. The maximum atomic E-state index is 2.41. The summed E-state index contributed by atoms with van der Waals surface area (Å²) in [5, 5.41) is 7.74. The van der Waals surface area contributed by atoms with Crippen LogP contribution < -0.4 is 4.90 Å². The Bertz CT molecular complexity index is 3440. The van der Waals surface area contributed by atoms with E-state index in [0.717, 1.165) is 17.1 Å². The largest absolute Gasteiger partial charge is 0.310 e. The molecule has 1 aliphatic carbocycles. The molecule has 0 aromatic heterocycles. The summed E-state index contributed by atoms with van der Waals surface area (Å²) in [4.78, 5) is 2.41. The maximum absolute atomic E-state index is 2.41. The van der Waals surface area contributed by atoms with Gasteiger partial charge in [0.05, 0.1) is 0 Å². The van der Waals surface area contributed by atoms with Crippen LogP contribution in [0.1, 0.15) is 25.0 Å². The van der Waals surface area contributed by atoms with Crippen molar-refractivity contribution < 1.29 is 0 Å². The van der Waals surface area contributed by atoms with Crippen molar-refractivity contribution in [3.05, 3.63) is 236 Å². The summed E-state index contributed by atoms with van der Waals surface area (Å²) in [7, 11) is 0. The molecule has 0 saturated heterocycles. The Hall–Kier alpha value is -7.74. The molecule has 0 N–H and O–H groups in total. The monoisotopic (exact) mass is 789 g/mol. The summed E-state index contributed by atoms with van der Waals surface area (Å²) in [5.74, 6) is 0. The van der Waals surface area contributed by atoms with E-state index in [1.54, 1.807) is 0 Å². The molecule has 0 amide bonds. The lowest BCUT2D eigenvalue weighted by molar-refractivity contribution is 0.660. The van der Waals surface area contributed by atoms with Crippen LogP contribution in [-0.2, 0) is 5.41 Å². The fourth-order valence-electron chi connectivity index (χ4n) is 10.3. The minimum absolute atomic E-state index is 0.0527. The second-order valence-corrected chi connectivity index (χ2v) is 17.3. The summed E-state index contributed by atoms with van der Waals surface area (Å²) < 4.78 is 0. The SMILES string of the molecule is CC1(C)c2ccccc2-c2ccc(-c3ccc(N(c4ccc(-c5ccccc5)cc4)c4ccc(-c5ccccc5)c(-c5ccc6ccc7cccc8ccc5c6c78)c4)cc3)cc21. The summed E-state index contributed by atoms with van der Waals surface area (Å²) in [5.41, 5.74) is 18.4. The van der Waals surface area contributed by atoms with Crippen LogP contribution in [0.25, 0.3) is 88.0 Å². The van der Waals surface area contributed by atoms with Gasteiger partial charge in [-0.15, -0.1) is 0 Å². The van der Waals surface area contributed by atoms with Crippen molar-refractivity contribution in [3.8, 4) is 55.6 Å². The Balaban J connectivity index is 1.02. The molecule has 11 aromatic rings. The van der Waals surface area contributed by atoms with Gasteiger partial charge in [0.25, 0.3) is 0 Å². The standard InChI is InChI=1S/C61H43N/c1-61(2)57-19-10-9-18-53(57)54-35-28-47(38-58(54)61)42-24-31-49(32-25-42)62(48-29-22-41(23-30-48)40-12-5-3-6-13-40)50-33-37-51(43-14-7-4-8-15-43)56(39-50)52-34-26-46-21-20-44-16-11-17-45-27-36-55(52)60(46)59(44)45/h3-39H,1-2H3. The molecule has 0 radical (unpaired) electrons. The van der Waals surface area contributed by atoms with Gasteiger partial charge >= 0.3 is 0 Å². The first-order valence-electron chi connectivity index (χ1n) is 21.7. The van der Waals surface area contributed by atoms with E-state index in [2.05, 4.69) is 243 Å². The first-order valence-corrected chi connectivity index (χ1v) is 21.7. The van der Waals surface area contributed by atoms with Crippen molar-refractivity contribution in [2.24, 2.45) is 0 Å². The number of fused-ring (bicyclic) bond motifs is 3. The second kappa shape index (κ2) is 14.2. The van der Waals surface area contributed by atoms with Crippen molar-refractivity contribution in [1.82, 2.24) is 0 Å². The fourth-order valence-corrected chi connectivity index (χ4v) is 10.3. The van der Waals surface area contributed by atoms with Gasteiger partial charge < -0.3 is 4.90 Å². The van der Waals surface area contributed by atoms with Crippen LogP contribution in [0.3, 0.4) is 0 Å². The molecule has 0 bridgehead atoms. The lowest BCUT2D eigenvalue weighted by Gasteiger charge is -2.27. The van der Waals surface area contributed by atoms with Crippen LogP contribution in [0.2, 0.25) is 0 Å². The molecule has 0 saturated carbocycles. The first kappa shape index (κ1) is 36.1. The van der Waals surface area contributed by atoms with Gasteiger partial charge in [-0.3, -0.25) is 0 Å². The summed E-state index contributed by atoms with van der Waals surface area (Å²) in [6.07, 6.45) is 0. The number of rotatable bonds is 7. The van der Waals surface area contributed by atoms with Crippen LogP contribution in [0.5, 0.6) is 0 Å². The molecule has 62 heavy (non-hydrogen) atoms. The van der Waals surface area contributed by atoms with Crippen LogP contribution in [-0.4, -0.2) is 0 Å². The smallest absolute Gasteiger partial charge is 0.0468 e. The van der Waals surface area contributed by atoms with Gasteiger partial charge in [0.15, 0.2) is 0 Å². The van der Waals surface area contributed by atoms with E-state index < -0.39 is 0 Å². The molecule has 0 aliphatic heterocycles. The van der Waals surface area contributed by atoms with Gasteiger partial charge in [-0.1, -0.05) is 196 Å². The Morgan fingerprint density at radius 2 is 0.790 bits per heavy atom. The van der Waals surface area contributed by atoms with Crippen molar-refractivity contribution in [1.29, 1.82) is 0 Å². The number of hydrogen-bond acceptors (Lipinski definition) is 1. The fraction of sp³-hybridized carbons (Fsp3) is 0.0492. The molecule has 0 atom stereocenters. The topological polar surface area (TPSA) is 3.24 Å². The first-order chi connectivity index (χ1) is 30.5. The molecule has 12 rings (SSSR count).